The van der Waals surface area contributed by atoms with E-state index in [1.54, 1.807) is 79.0 Å². The lowest BCUT2D eigenvalue weighted by Crippen LogP contribution is -2.20. The number of rotatable bonds is 6. The van der Waals surface area contributed by atoms with Crippen molar-refractivity contribution in [2.24, 2.45) is 5.73 Å². The van der Waals surface area contributed by atoms with Gasteiger partial charge in [-0.05, 0) is 55.0 Å². The maximum atomic E-state index is 12.9. The van der Waals surface area contributed by atoms with E-state index in [9.17, 15) is 13.2 Å². The predicted molar refractivity (Wildman–Crippen MR) is 124 cm³/mol. The summed E-state index contributed by atoms with van der Waals surface area (Å²) in [6, 6.07) is 15.0. The first-order chi connectivity index (χ1) is 15.3. The molecule has 1 aromatic heterocycles. The van der Waals surface area contributed by atoms with Crippen LogP contribution in [-0.2, 0) is 9.84 Å². The van der Waals surface area contributed by atoms with E-state index < -0.39 is 21.0 Å². The van der Waals surface area contributed by atoms with Crippen LogP contribution in [0.2, 0.25) is 0 Å². The summed E-state index contributed by atoms with van der Waals surface area (Å²) in [5.41, 5.74) is 7.74. The molecule has 0 aliphatic heterocycles. The number of nitrogens with zero attached hydrogens (tertiary/aromatic N) is 2. The van der Waals surface area contributed by atoms with Crippen LogP contribution in [0.5, 0.6) is 0 Å². The zero-order chi connectivity index (χ0) is 22.7. The van der Waals surface area contributed by atoms with Crippen molar-refractivity contribution in [1.82, 2.24) is 9.97 Å². The molecule has 2 aromatic carbocycles. The Hall–Kier alpha value is -3.49. The van der Waals surface area contributed by atoms with Gasteiger partial charge in [-0.25, -0.2) is 18.4 Å². The number of primary amides is 1. The Morgan fingerprint density at radius 2 is 1.78 bits per heavy atom. The molecule has 32 heavy (non-hydrogen) atoms. The fraction of sp³-hybridized carbons (Fsp3) is 0.0870. The van der Waals surface area contributed by atoms with Gasteiger partial charge in [-0.2, -0.15) is 0 Å². The number of hydrogen-bond acceptors (Lipinski definition) is 6. The summed E-state index contributed by atoms with van der Waals surface area (Å²) >= 11 is 5.89. The third kappa shape index (κ3) is 4.71. The van der Waals surface area contributed by atoms with Gasteiger partial charge in [-0.15, -0.1) is 0 Å². The van der Waals surface area contributed by atoms with Crippen molar-refractivity contribution in [3.8, 4) is 11.3 Å². The minimum Gasteiger partial charge on any atom is -0.366 e. The lowest BCUT2D eigenvalue weighted by atomic mass is 10.1. The molecule has 0 spiro atoms. The molecule has 1 aliphatic carbocycles. The second kappa shape index (κ2) is 8.94. The van der Waals surface area contributed by atoms with E-state index in [2.05, 4.69) is 15.3 Å². The third-order valence-electron chi connectivity index (χ3n) is 4.97. The number of sulfone groups is 1. The third-order valence-corrected chi connectivity index (χ3v) is 7.33. The Balaban J connectivity index is 1.52. The molecule has 1 heterocycles. The fourth-order valence-corrected chi connectivity index (χ4v) is 4.88. The van der Waals surface area contributed by atoms with Gasteiger partial charge in [0.15, 0.2) is 9.84 Å². The van der Waals surface area contributed by atoms with Crippen LogP contribution < -0.4 is 11.1 Å². The van der Waals surface area contributed by atoms with Gasteiger partial charge in [0.2, 0.25) is 11.9 Å². The second-order valence-electron chi connectivity index (χ2n) is 7.12. The number of aromatic nitrogens is 2. The number of nitrogens with one attached hydrogen (secondary N) is 1. The smallest absolute Gasteiger partial charge is 0.248 e. The molecule has 1 atom stereocenters. The highest BCUT2D eigenvalue weighted by Crippen LogP contribution is 2.27. The highest BCUT2D eigenvalue weighted by atomic mass is 35.5. The highest BCUT2D eigenvalue weighted by Gasteiger charge is 2.26. The normalized spacial score (nSPS) is 15.8. The number of allylic oxidation sites excluding steroid dienone is 3. The first kappa shape index (κ1) is 21.7. The maximum Gasteiger partial charge on any atom is 0.248 e. The molecule has 4 rings (SSSR count). The summed E-state index contributed by atoms with van der Waals surface area (Å²) in [5.74, 6) is -0.137. The van der Waals surface area contributed by atoms with Gasteiger partial charge in [-0.3, -0.25) is 4.79 Å². The van der Waals surface area contributed by atoms with Crippen LogP contribution in [0.1, 0.15) is 16.8 Å². The van der Waals surface area contributed by atoms with E-state index in [1.807, 2.05) is 0 Å². The minimum atomic E-state index is -3.51. The molecular weight excluding hydrogens is 448 g/mol. The Kier molecular flexibility index (Phi) is 6.07. The quantitative estimate of drug-likeness (QED) is 0.562. The SMILES string of the molecule is NC(=O)c1ccc(Nc2nccc(-c3ccc(S(=O)(=O)C4C=CC(Cl)=CC4)cc3)n2)cc1. The molecule has 1 amide bonds. The van der Waals surface area contributed by atoms with Crippen molar-refractivity contribution >= 4 is 39.0 Å². The lowest BCUT2D eigenvalue weighted by molar-refractivity contribution is 0.100. The number of anilines is 2. The minimum absolute atomic E-state index is 0.240. The fourth-order valence-electron chi connectivity index (χ4n) is 3.22. The van der Waals surface area contributed by atoms with Crippen LogP contribution in [-0.4, -0.2) is 29.5 Å². The van der Waals surface area contributed by atoms with Crippen molar-refractivity contribution in [2.45, 2.75) is 16.6 Å². The van der Waals surface area contributed by atoms with Gasteiger partial charge in [0, 0.05) is 28.0 Å². The maximum absolute atomic E-state index is 12.9. The van der Waals surface area contributed by atoms with E-state index in [0.29, 0.717) is 34.3 Å². The Labute approximate surface area is 190 Å². The monoisotopic (exact) mass is 466 g/mol. The van der Waals surface area contributed by atoms with E-state index in [0.717, 1.165) is 5.56 Å². The Bertz CT molecular complexity index is 1320. The van der Waals surface area contributed by atoms with Gasteiger partial charge in [0.25, 0.3) is 0 Å². The van der Waals surface area contributed by atoms with Gasteiger partial charge in [0.05, 0.1) is 15.8 Å². The topological polar surface area (TPSA) is 115 Å². The molecule has 3 N–H and O–H groups in total. The van der Waals surface area contributed by atoms with Gasteiger partial charge in [0.1, 0.15) is 0 Å². The van der Waals surface area contributed by atoms with Gasteiger partial charge < -0.3 is 11.1 Å². The highest BCUT2D eigenvalue weighted by molar-refractivity contribution is 7.92. The lowest BCUT2D eigenvalue weighted by Gasteiger charge is -2.15. The largest absolute Gasteiger partial charge is 0.366 e. The zero-order valence-corrected chi connectivity index (χ0v) is 18.3. The average Bonchev–Trinajstić information content (AvgIpc) is 2.80. The molecule has 162 valence electrons. The van der Waals surface area contributed by atoms with Crippen molar-refractivity contribution in [2.75, 3.05) is 5.32 Å². The number of nitrogens with two attached hydrogens (primary N) is 1. The molecule has 1 aliphatic rings. The predicted octanol–water partition coefficient (Wildman–Crippen LogP) is 4.21. The number of hydrogen-bond donors (Lipinski definition) is 2. The molecule has 0 saturated carbocycles. The van der Waals surface area contributed by atoms with E-state index in [4.69, 9.17) is 17.3 Å². The summed E-state index contributed by atoms with van der Waals surface area (Å²) in [7, 11) is -3.51. The molecule has 1 unspecified atom stereocenters. The standard InChI is InChI=1S/C23H19ClN4O3S/c24-17-5-11-20(12-6-17)32(30,31)19-9-3-15(4-10-19)21-13-14-26-23(28-21)27-18-7-1-16(2-8-18)22(25)29/h1-11,13-14,20H,12H2,(H2,25,29)(H,26,27,28). The zero-order valence-electron chi connectivity index (χ0n) is 16.8. The second-order valence-corrected chi connectivity index (χ2v) is 9.73. The molecule has 0 saturated heterocycles. The number of carbonyl (C=O) groups excluding carboxylic acids is 1. The Morgan fingerprint density at radius 3 is 2.41 bits per heavy atom. The van der Waals surface area contributed by atoms with Crippen LogP contribution >= 0.6 is 11.6 Å². The summed E-state index contributed by atoms with van der Waals surface area (Å²) in [5, 5.41) is 2.98. The van der Waals surface area contributed by atoms with Crippen LogP contribution in [0.25, 0.3) is 11.3 Å². The molecule has 0 bridgehead atoms. The molecule has 0 radical (unpaired) electrons. The molecule has 7 nitrogen and oxygen atoms in total. The first-order valence-electron chi connectivity index (χ1n) is 9.71. The summed E-state index contributed by atoms with van der Waals surface area (Å²) < 4.78 is 25.8. The van der Waals surface area contributed by atoms with E-state index >= 15 is 0 Å². The summed E-state index contributed by atoms with van der Waals surface area (Å²) in [6.45, 7) is 0. The first-order valence-corrected chi connectivity index (χ1v) is 11.6. The Morgan fingerprint density at radius 1 is 1.06 bits per heavy atom. The summed E-state index contributed by atoms with van der Waals surface area (Å²) in [6.07, 6.45) is 6.88. The number of halogens is 1. The van der Waals surface area contributed by atoms with E-state index in [-0.39, 0.29) is 4.90 Å². The average molecular weight is 467 g/mol. The molecule has 3 aromatic rings. The van der Waals surface area contributed by atoms with Crippen LogP contribution in [0.4, 0.5) is 11.6 Å². The van der Waals surface area contributed by atoms with Gasteiger partial charge >= 0.3 is 0 Å². The number of amides is 1. The van der Waals surface area contributed by atoms with Crippen molar-refractivity contribution in [3.05, 3.63) is 89.6 Å². The van der Waals surface area contributed by atoms with Crippen LogP contribution in [0.15, 0.2) is 88.9 Å². The molecular formula is C23H19ClN4O3S. The molecule has 9 heteroatoms. The summed E-state index contributed by atoms with van der Waals surface area (Å²) in [4.78, 5) is 20.1. The van der Waals surface area contributed by atoms with Crippen LogP contribution in [0, 0.1) is 0 Å². The molecule has 0 fully saturated rings. The number of benzene rings is 2. The van der Waals surface area contributed by atoms with Gasteiger partial charge in [-0.1, -0.05) is 35.9 Å². The van der Waals surface area contributed by atoms with Crippen molar-refractivity contribution in [1.29, 1.82) is 0 Å². The van der Waals surface area contributed by atoms with Crippen LogP contribution in [0.3, 0.4) is 0 Å². The van der Waals surface area contributed by atoms with Crippen molar-refractivity contribution < 1.29 is 13.2 Å². The number of carbonyl (C=O) groups is 1. The van der Waals surface area contributed by atoms with Crippen molar-refractivity contribution in [3.63, 3.8) is 0 Å². The van der Waals surface area contributed by atoms with E-state index in [1.165, 1.54) is 0 Å².